The fourth-order valence-corrected chi connectivity index (χ4v) is 6.77. The fraction of sp³-hybridized carbons (Fsp3) is 0.300. The Morgan fingerprint density at radius 2 is 1.65 bits per heavy atom. The van der Waals surface area contributed by atoms with Gasteiger partial charge in [-0.25, -0.2) is 9.38 Å². The van der Waals surface area contributed by atoms with Crippen molar-refractivity contribution in [3.63, 3.8) is 0 Å². The van der Waals surface area contributed by atoms with Gasteiger partial charge in [0.15, 0.2) is 0 Å². The molecule has 0 saturated heterocycles. The molecule has 1 fully saturated rings. The average Bonchev–Trinajstić information content (AvgIpc) is 3.95. The molecule has 0 bridgehead atoms. The van der Waals surface area contributed by atoms with Crippen molar-refractivity contribution in [3.05, 3.63) is 125 Å². The Morgan fingerprint density at radius 1 is 0.939 bits per heavy atom. The van der Waals surface area contributed by atoms with Gasteiger partial charge in [0.05, 0.1) is 23.0 Å². The standard InChI is InChI=1S/C40H40ClFN4O3/c1-2-3-14-30(37(43)47)32(22-25-17-18-25)39(48)45-38-40(49)46(24-26-10-9-13-28(21-26)29-19-20-34(42)33(41)23-29)35-16-8-7-15-31(35)36(44-38)27-11-5-4-6-12-27/h4-13,15-16,19-21,23,25,30,32,38H,2-3,14,17-18,22,24H2,1H3,(H2,43,47)(H,45,48)/t30?,32-,38+/m0/s1. The van der Waals surface area contributed by atoms with Crippen molar-refractivity contribution in [2.24, 2.45) is 28.5 Å². The number of nitrogens with two attached hydrogens (primary N) is 1. The van der Waals surface area contributed by atoms with Crippen LogP contribution in [0.5, 0.6) is 0 Å². The van der Waals surface area contributed by atoms with E-state index in [1.807, 2.05) is 85.8 Å². The summed E-state index contributed by atoms with van der Waals surface area (Å²) in [5.74, 6) is -2.71. The van der Waals surface area contributed by atoms with Crippen LogP contribution in [0.15, 0.2) is 102 Å². The van der Waals surface area contributed by atoms with E-state index in [9.17, 15) is 18.8 Å². The highest BCUT2D eigenvalue weighted by Gasteiger charge is 2.40. The normalized spacial score (nSPS) is 17.0. The van der Waals surface area contributed by atoms with E-state index in [0.29, 0.717) is 30.2 Å². The van der Waals surface area contributed by atoms with Gasteiger partial charge in [0.25, 0.3) is 5.91 Å². The molecule has 3 atom stereocenters. The lowest BCUT2D eigenvalue weighted by Gasteiger charge is -2.28. The first-order valence-corrected chi connectivity index (χ1v) is 17.3. The van der Waals surface area contributed by atoms with Gasteiger partial charge in [0, 0.05) is 23.0 Å². The van der Waals surface area contributed by atoms with Crippen molar-refractivity contribution in [2.75, 3.05) is 4.90 Å². The Kier molecular flexibility index (Phi) is 10.5. The second-order valence-corrected chi connectivity index (χ2v) is 13.4. The number of carbonyl (C=O) groups is 3. The molecule has 6 rings (SSSR count). The zero-order valence-corrected chi connectivity index (χ0v) is 28.2. The lowest BCUT2D eigenvalue weighted by atomic mass is 9.83. The van der Waals surface area contributed by atoms with E-state index in [1.54, 1.807) is 17.0 Å². The van der Waals surface area contributed by atoms with Gasteiger partial charge < -0.3 is 16.0 Å². The van der Waals surface area contributed by atoms with E-state index in [2.05, 4.69) is 5.32 Å². The number of hydrogen-bond acceptors (Lipinski definition) is 4. The first-order chi connectivity index (χ1) is 23.7. The van der Waals surface area contributed by atoms with Crippen LogP contribution in [0, 0.1) is 23.6 Å². The van der Waals surface area contributed by atoms with Crippen molar-refractivity contribution in [1.82, 2.24) is 5.32 Å². The number of fused-ring (bicyclic) bond motifs is 1. The Balaban J connectivity index is 1.39. The quantitative estimate of drug-likeness (QED) is 0.152. The summed E-state index contributed by atoms with van der Waals surface area (Å²) in [7, 11) is 0. The number of benzene rings is 4. The van der Waals surface area contributed by atoms with Crippen LogP contribution in [0.3, 0.4) is 0 Å². The molecule has 0 radical (unpaired) electrons. The van der Waals surface area contributed by atoms with Crippen molar-refractivity contribution in [2.45, 2.75) is 58.2 Å². The predicted molar refractivity (Wildman–Crippen MR) is 192 cm³/mol. The molecule has 1 heterocycles. The minimum atomic E-state index is -1.25. The maximum atomic E-state index is 14.6. The highest BCUT2D eigenvalue weighted by atomic mass is 35.5. The molecule has 9 heteroatoms. The number of nitrogens with one attached hydrogen (secondary N) is 1. The molecule has 4 aromatic rings. The number of benzodiazepines with no additional fused rings is 1. The third-order valence-corrected chi connectivity index (χ3v) is 9.69. The number of carbonyl (C=O) groups excluding carboxylic acids is 3. The molecular weight excluding hydrogens is 639 g/mol. The fourth-order valence-electron chi connectivity index (χ4n) is 6.59. The first kappa shape index (κ1) is 34.1. The van der Waals surface area contributed by atoms with E-state index < -0.39 is 35.6 Å². The van der Waals surface area contributed by atoms with Crippen molar-refractivity contribution < 1.29 is 18.8 Å². The van der Waals surface area contributed by atoms with Crippen LogP contribution in [0.25, 0.3) is 11.1 Å². The number of unbranched alkanes of at least 4 members (excludes halogenated alkanes) is 1. The number of primary amides is 1. The minimum absolute atomic E-state index is 0.0250. The largest absolute Gasteiger partial charge is 0.369 e. The molecule has 0 aromatic heterocycles. The molecule has 1 saturated carbocycles. The predicted octanol–water partition coefficient (Wildman–Crippen LogP) is 7.68. The van der Waals surface area contributed by atoms with Gasteiger partial charge in [-0.3, -0.25) is 14.4 Å². The van der Waals surface area contributed by atoms with Gasteiger partial charge in [-0.1, -0.05) is 117 Å². The summed E-state index contributed by atoms with van der Waals surface area (Å²) < 4.78 is 13.9. The molecule has 2 aliphatic rings. The maximum Gasteiger partial charge on any atom is 0.272 e. The number of rotatable bonds is 13. The van der Waals surface area contributed by atoms with Crippen LogP contribution >= 0.6 is 11.6 Å². The van der Waals surface area contributed by atoms with Gasteiger partial charge in [-0.15, -0.1) is 0 Å². The summed E-state index contributed by atoms with van der Waals surface area (Å²) in [5, 5.41) is 3.00. The van der Waals surface area contributed by atoms with Crippen LogP contribution in [0.4, 0.5) is 10.1 Å². The minimum Gasteiger partial charge on any atom is -0.369 e. The third kappa shape index (κ3) is 7.92. The smallest absolute Gasteiger partial charge is 0.272 e. The summed E-state index contributed by atoms with van der Waals surface area (Å²) in [6, 6.07) is 29.3. The summed E-state index contributed by atoms with van der Waals surface area (Å²) in [5.41, 5.74) is 11.0. The van der Waals surface area contributed by atoms with Crippen LogP contribution in [0.2, 0.25) is 5.02 Å². The number of nitrogens with zero attached hydrogens (tertiary/aromatic N) is 2. The Bertz CT molecular complexity index is 1880. The van der Waals surface area contributed by atoms with Crippen molar-refractivity contribution in [3.8, 4) is 11.1 Å². The van der Waals surface area contributed by atoms with E-state index in [1.165, 1.54) is 6.07 Å². The second-order valence-electron chi connectivity index (χ2n) is 13.0. The number of hydrogen-bond donors (Lipinski definition) is 2. The second kappa shape index (κ2) is 15.2. The lowest BCUT2D eigenvalue weighted by molar-refractivity contribution is -0.135. The zero-order chi connectivity index (χ0) is 34.5. The highest BCUT2D eigenvalue weighted by Crippen LogP contribution is 2.39. The Hall–Kier alpha value is -4.82. The summed E-state index contributed by atoms with van der Waals surface area (Å²) >= 11 is 6.09. The Morgan fingerprint density at radius 3 is 2.37 bits per heavy atom. The lowest BCUT2D eigenvalue weighted by Crippen LogP contribution is -2.50. The monoisotopic (exact) mass is 678 g/mol. The number of para-hydroxylation sites is 1. The summed E-state index contributed by atoms with van der Waals surface area (Å²) in [6.07, 6.45) is 3.46. The van der Waals surface area contributed by atoms with Gasteiger partial charge in [-0.2, -0.15) is 0 Å². The maximum absolute atomic E-state index is 14.6. The summed E-state index contributed by atoms with van der Waals surface area (Å²) in [6.45, 7) is 2.21. The molecule has 3 amide bonds. The number of amides is 3. The molecule has 3 N–H and O–H groups in total. The first-order valence-electron chi connectivity index (χ1n) is 16.9. The van der Waals surface area contributed by atoms with Crippen LogP contribution in [0.1, 0.15) is 62.1 Å². The highest BCUT2D eigenvalue weighted by molar-refractivity contribution is 6.31. The molecule has 4 aromatic carbocycles. The van der Waals surface area contributed by atoms with Gasteiger partial charge in [0.2, 0.25) is 18.0 Å². The molecule has 1 aliphatic carbocycles. The van der Waals surface area contributed by atoms with Crippen molar-refractivity contribution in [1.29, 1.82) is 0 Å². The third-order valence-electron chi connectivity index (χ3n) is 9.40. The Labute approximate surface area is 291 Å². The van der Waals surface area contributed by atoms with E-state index in [-0.39, 0.29) is 17.5 Å². The summed E-state index contributed by atoms with van der Waals surface area (Å²) in [4.78, 5) is 48.1. The molecule has 1 aliphatic heterocycles. The van der Waals surface area contributed by atoms with E-state index >= 15 is 0 Å². The molecule has 0 spiro atoms. The molecule has 7 nitrogen and oxygen atoms in total. The number of anilines is 1. The SMILES string of the molecule is CCCCC(C(N)=O)[C@H](CC1CC1)C(=O)N[C@H]1N=C(c2ccccc2)c2ccccc2N(Cc2cccc(-c3ccc(F)c(Cl)c3)c2)C1=O. The van der Waals surface area contributed by atoms with E-state index in [0.717, 1.165) is 53.5 Å². The number of halogens is 2. The van der Waals surface area contributed by atoms with Crippen LogP contribution in [-0.2, 0) is 20.9 Å². The molecular formula is C40H40ClFN4O3. The van der Waals surface area contributed by atoms with E-state index in [4.69, 9.17) is 22.3 Å². The molecule has 1 unspecified atom stereocenters. The zero-order valence-electron chi connectivity index (χ0n) is 27.4. The van der Waals surface area contributed by atoms with Gasteiger partial charge in [0.1, 0.15) is 5.82 Å². The van der Waals surface area contributed by atoms with Gasteiger partial charge >= 0.3 is 0 Å². The molecule has 49 heavy (non-hydrogen) atoms. The molecule has 252 valence electrons. The van der Waals surface area contributed by atoms with Crippen LogP contribution in [-0.4, -0.2) is 29.6 Å². The number of aliphatic imine (C=N–C) groups is 1. The topological polar surface area (TPSA) is 105 Å². The van der Waals surface area contributed by atoms with Crippen molar-refractivity contribution >= 4 is 40.7 Å². The van der Waals surface area contributed by atoms with Crippen LogP contribution < -0.4 is 16.0 Å². The van der Waals surface area contributed by atoms with Gasteiger partial charge in [-0.05, 0) is 59.7 Å². The average molecular weight is 679 g/mol.